The first-order valence-electron chi connectivity index (χ1n) is 11.2. The molecule has 0 aliphatic heterocycles. The zero-order valence-corrected chi connectivity index (χ0v) is 19.5. The highest BCUT2D eigenvalue weighted by Crippen LogP contribution is 2.35. The van der Waals surface area contributed by atoms with Crippen molar-refractivity contribution in [2.75, 3.05) is 12.9 Å². The van der Waals surface area contributed by atoms with E-state index in [1.54, 1.807) is 7.11 Å². The Morgan fingerprint density at radius 1 is 1.09 bits per heavy atom. The number of hydrogen-bond acceptors (Lipinski definition) is 5. The van der Waals surface area contributed by atoms with Crippen LogP contribution >= 0.6 is 11.8 Å². The largest absolute Gasteiger partial charge is 0.497 e. The minimum Gasteiger partial charge on any atom is -0.497 e. The van der Waals surface area contributed by atoms with Crippen molar-refractivity contribution >= 4 is 17.7 Å². The van der Waals surface area contributed by atoms with Crippen LogP contribution in [0.5, 0.6) is 5.75 Å². The summed E-state index contributed by atoms with van der Waals surface area (Å²) < 4.78 is 7.54. The molecule has 1 aliphatic carbocycles. The Bertz CT molecular complexity index is 1040. The third-order valence-corrected chi connectivity index (χ3v) is 6.97. The number of aryl methyl sites for hydroxylation is 1. The van der Waals surface area contributed by atoms with Gasteiger partial charge in [-0.25, -0.2) is 0 Å². The molecule has 1 fully saturated rings. The van der Waals surface area contributed by atoms with Crippen molar-refractivity contribution in [3.8, 4) is 17.1 Å². The molecule has 1 N–H and O–H groups in total. The molecule has 0 spiro atoms. The number of hydrogen-bond donors (Lipinski definition) is 1. The van der Waals surface area contributed by atoms with Gasteiger partial charge < -0.3 is 10.1 Å². The van der Waals surface area contributed by atoms with Gasteiger partial charge in [0.15, 0.2) is 11.0 Å². The molecule has 0 radical (unpaired) electrons. The van der Waals surface area contributed by atoms with Crippen LogP contribution in [-0.4, -0.2) is 33.5 Å². The van der Waals surface area contributed by atoms with Crippen molar-refractivity contribution in [3.63, 3.8) is 0 Å². The summed E-state index contributed by atoms with van der Waals surface area (Å²) in [5.41, 5.74) is 3.33. The van der Waals surface area contributed by atoms with Crippen molar-refractivity contribution in [1.82, 2.24) is 20.1 Å². The minimum absolute atomic E-state index is 0.00226. The van der Waals surface area contributed by atoms with E-state index < -0.39 is 0 Å². The molecule has 3 aromatic rings. The number of ether oxygens (including phenoxy) is 1. The van der Waals surface area contributed by atoms with E-state index in [4.69, 9.17) is 4.74 Å². The highest BCUT2D eigenvalue weighted by Gasteiger charge is 2.24. The molecule has 0 unspecified atom stereocenters. The Morgan fingerprint density at radius 3 is 2.56 bits per heavy atom. The lowest BCUT2D eigenvalue weighted by Gasteiger charge is -2.25. The van der Waals surface area contributed by atoms with Gasteiger partial charge in [-0.05, 0) is 55.2 Å². The lowest BCUT2D eigenvalue weighted by atomic mass is 9.95. The molecular weight excluding hydrogens is 420 g/mol. The van der Waals surface area contributed by atoms with Crippen LogP contribution in [0, 0.1) is 6.92 Å². The molecule has 6 nitrogen and oxygen atoms in total. The molecule has 1 amide bonds. The van der Waals surface area contributed by atoms with Gasteiger partial charge in [0.2, 0.25) is 5.91 Å². The van der Waals surface area contributed by atoms with Gasteiger partial charge in [-0.1, -0.05) is 55.3 Å². The summed E-state index contributed by atoms with van der Waals surface area (Å²) in [4.78, 5) is 12.5. The van der Waals surface area contributed by atoms with E-state index in [9.17, 15) is 4.79 Å². The Balaban J connectivity index is 1.48. The molecule has 0 atom stereocenters. The highest BCUT2D eigenvalue weighted by molar-refractivity contribution is 7.99. The van der Waals surface area contributed by atoms with Crippen LogP contribution in [0.4, 0.5) is 0 Å². The van der Waals surface area contributed by atoms with Gasteiger partial charge in [0, 0.05) is 18.2 Å². The topological polar surface area (TPSA) is 69.0 Å². The number of aromatic nitrogens is 3. The predicted octanol–water partition coefficient (Wildman–Crippen LogP) is 5.18. The molecule has 4 rings (SSSR count). The van der Waals surface area contributed by atoms with Crippen molar-refractivity contribution in [2.24, 2.45) is 0 Å². The van der Waals surface area contributed by atoms with Crippen molar-refractivity contribution in [3.05, 3.63) is 59.7 Å². The first kappa shape index (κ1) is 22.4. The standard InChI is InChI=1S/C25H30N4O2S/c1-18-8-6-7-9-20(18)16-26-23(30)17-32-25-28-27-24(19-12-14-22(31-2)15-13-19)29(25)21-10-4-3-5-11-21/h6-9,12-15,21H,3-5,10-11,16-17H2,1-2H3,(H,26,30). The molecule has 0 bridgehead atoms. The molecule has 7 heteroatoms. The van der Waals surface area contributed by atoms with Gasteiger partial charge in [-0.2, -0.15) is 0 Å². The lowest BCUT2D eigenvalue weighted by molar-refractivity contribution is -0.118. The fourth-order valence-electron chi connectivity index (χ4n) is 4.16. The van der Waals surface area contributed by atoms with Crippen LogP contribution in [0.15, 0.2) is 53.7 Å². The monoisotopic (exact) mass is 450 g/mol. The fraction of sp³-hybridized carbons (Fsp3) is 0.400. The van der Waals surface area contributed by atoms with E-state index >= 15 is 0 Å². The molecule has 0 saturated heterocycles. The normalized spacial score (nSPS) is 14.3. The molecule has 2 aromatic carbocycles. The second-order valence-corrected chi connectivity index (χ2v) is 9.13. The van der Waals surface area contributed by atoms with E-state index in [0.717, 1.165) is 40.7 Å². The number of methoxy groups -OCH3 is 1. The first-order valence-corrected chi connectivity index (χ1v) is 12.2. The fourth-order valence-corrected chi connectivity index (χ4v) is 5.00. The van der Waals surface area contributed by atoms with Crippen LogP contribution in [0.1, 0.15) is 49.3 Å². The van der Waals surface area contributed by atoms with Crippen LogP contribution in [0.2, 0.25) is 0 Å². The Hall–Kier alpha value is -2.80. The van der Waals surface area contributed by atoms with Crippen LogP contribution in [-0.2, 0) is 11.3 Å². The molecule has 32 heavy (non-hydrogen) atoms. The average molecular weight is 451 g/mol. The lowest BCUT2D eigenvalue weighted by Crippen LogP contribution is -2.25. The van der Waals surface area contributed by atoms with E-state index in [2.05, 4.69) is 33.1 Å². The Morgan fingerprint density at radius 2 is 1.84 bits per heavy atom. The smallest absolute Gasteiger partial charge is 0.230 e. The summed E-state index contributed by atoms with van der Waals surface area (Å²) in [6.45, 7) is 2.60. The van der Waals surface area contributed by atoms with Gasteiger partial charge in [-0.3, -0.25) is 9.36 Å². The molecule has 1 aliphatic rings. The van der Waals surface area contributed by atoms with E-state index in [1.807, 2.05) is 42.5 Å². The summed E-state index contributed by atoms with van der Waals surface area (Å²) in [5, 5.41) is 12.8. The Labute approximate surface area is 193 Å². The second kappa shape index (κ2) is 10.7. The number of nitrogens with one attached hydrogen (secondary N) is 1. The van der Waals surface area contributed by atoms with Crippen molar-refractivity contribution < 1.29 is 9.53 Å². The molecule has 1 heterocycles. The maximum Gasteiger partial charge on any atom is 0.230 e. The quantitative estimate of drug-likeness (QED) is 0.479. The number of nitrogens with zero attached hydrogens (tertiary/aromatic N) is 3. The van der Waals surface area contributed by atoms with Gasteiger partial charge in [-0.15, -0.1) is 10.2 Å². The van der Waals surface area contributed by atoms with Crippen LogP contribution in [0.3, 0.4) is 0 Å². The zero-order valence-electron chi connectivity index (χ0n) is 18.7. The van der Waals surface area contributed by atoms with Gasteiger partial charge in [0.05, 0.1) is 12.9 Å². The third-order valence-electron chi connectivity index (χ3n) is 6.02. The average Bonchev–Trinajstić information content (AvgIpc) is 3.27. The third kappa shape index (κ3) is 5.33. The SMILES string of the molecule is COc1ccc(-c2nnc(SCC(=O)NCc3ccccc3C)n2C2CCCCC2)cc1. The molecule has 1 aromatic heterocycles. The number of carbonyl (C=O) groups is 1. The van der Waals surface area contributed by atoms with Crippen molar-refractivity contribution in [1.29, 1.82) is 0 Å². The Kier molecular flexibility index (Phi) is 7.47. The van der Waals surface area contributed by atoms with E-state index in [1.165, 1.54) is 36.6 Å². The summed E-state index contributed by atoms with van der Waals surface area (Å²) in [6, 6.07) is 16.4. The molecule has 168 valence electrons. The molecular formula is C25H30N4O2S. The maximum absolute atomic E-state index is 12.5. The van der Waals surface area contributed by atoms with Gasteiger partial charge in [0.1, 0.15) is 5.75 Å². The minimum atomic E-state index is 0.00226. The highest BCUT2D eigenvalue weighted by atomic mass is 32.2. The summed E-state index contributed by atoms with van der Waals surface area (Å²) in [6.07, 6.45) is 5.95. The van der Waals surface area contributed by atoms with E-state index in [-0.39, 0.29) is 5.91 Å². The van der Waals surface area contributed by atoms with Crippen LogP contribution < -0.4 is 10.1 Å². The maximum atomic E-state index is 12.5. The van der Waals surface area contributed by atoms with E-state index in [0.29, 0.717) is 18.3 Å². The number of benzene rings is 2. The number of amides is 1. The number of thioether (sulfide) groups is 1. The molecule has 1 saturated carbocycles. The number of rotatable bonds is 8. The summed E-state index contributed by atoms with van der Waals surface area (Å²) >= 11 is 1.46. The number of carbonyl (C=O) groups excluding carboxylic acids is 1. The first-order chi connectivity index (χ1) is 15.7. The van der Waals surface area contributed by atoms with Gasteiger partial charge >= 0.3 is 0 Å². The predicted molar refractivity (Wildman–Crippen MR) is 128 cm³/mol. The van der Waals surface area contributed by atoms with Crippen LogP contribution in [0.25, 0.3) is 11.4 Å². The summed E-state index contributed by atoms with van der Waals surface area (Å²) in [7, 11) is 1.67. The zero-order chi connectivity index (χ0) is 22.3. The second-order valence-electron chi connectivity index (χ2n) is 8.19. The van der Waals surface area contributed by atoms with Gasteiger partial charge in [0.25, 0.3) is 0 Å². The van der Waals surface area contributed by atoms with Crippen molar-refractivity contribution in [2.45, 2.75) is 56.8 Å². The summed E-state index contributed by atoms with van der Waals surface area (Å²) in [5.74, 6) is 2.00.